The third kappa shape index (κ3) is 3.35. The van der Waals surface area contributed by atoms with Gasteiger partial charge in [0.15, 0.2) is 0 Å². The van der Waals surface area contributed by atoms with Gasteiger partial charge in [0, 0.05) is 12.6 Å². The highest BCUT2D eigenvalue weighted by molar-refractivity contribution is 5.08. The van der Waals surface area contributed by atoms with Crippen LogP contribution in [0.15, 0.2) is 16.5 Å². The molecule has 2 N–H and O–H groups in total. The molecule has 0 aliphatic heterocycles. The number of aliphatic hydroxyl groups is 1. The highest BCUT2D eigenvalue weighted by Crippen LogP contribution is 2.33. The molecule has 1 saturated carbocycles. The van der Waals surface area contributed by atoms with Gasteiger partial charge in [-0.05, 0) is 38.3 Å². The number of furan rings is 1. The predicted octanol–water partition coefficient (Wildman–Crippen LogP) is 2.40. The zero-order valence-corrected chi connectivity index (χ0v) is 10.1. The average Bonchev–Trinajstić information content (AvgIpc) is 2.95. The Balaban J connectivity index is 1.71. The molecule has 2 atom stereocenters. The van der Waals surface area contributed by atoms with E-state index < -0.39 is 6.10 Å². The van der Waals surface area contributed by atoms with E-state index in [1.807, 2.05) is 19.1 Å². The van der Waals surface area contributed by atoms with Gasteiger partial charge in [-0.25, -0.2) is 0 Å². The molecule has 1 fully saturated rings. The predicted molar refractivity (Wildman–Crippen MR) is 63.2 cm³/mol. The monoisotopic (exact) mass is 223 g/mol. The maximum Gasteiger partial charge on any atom is 0.133 e. The molecule has 3 heteroatoms. The van der Waals surface area contributed by atoms with Crippen LogP contribution in [0, 0.1) is 12.8 Å². The van der Waals surface area contributed by atoms with Crippen LogP contribution in [0.25, 0.3) is 0 Å². The molecule has 0 spiro atoms. The smallest absolute Gasteiger partial charge is 0.133 e. The SMILES string of the molecule is Cc1ccc(C(O)CNC(C)CC2CC2)o1. The van der Waals surface area contributed by atoms with E-state index in [4.69, 9.17) is 4.42 Å². The molecule has 2 rings (SSSR count). The summed E-state index contributed by atoms with van der Waals surface area (Å²) in [6, 6.07) is 4.21. The molecule has 0 radical (unpaired) electrons. The summed E-state index contributed by atoms with van der Waals surface area (Å²) in [5.41, 5.74) is 0. The van der Waals surface area contributed by atoms with Crippen molar-refractivity contribution in [2.24, 2.45) is 5.92 Å². The van der Waals surface area contributed by atoms with Crippen LogP contribution in [-0.2, 0) is 0 Å². The maximum absolute atomic E-state index is 9.88. The van der Waals surface area contributed by atoms with Crippen LogP contribution in [0.1, 0.15) is 43.8 Å². The second kappa shape index (κ2) is 5.02. The van der Waals surface area contributed by atoms with E-state index in [2.05, 4.69) is 12.2 Å². The van der Waals surface area contributed by atoms with Gasteiger partial charge < -0.3 is 14.8 Å². The van der Waals surface area contributed by atoms with Crippen molar-refractivity contribution in [2.75, 3.05) is 6.54 Å². The van der Waals surface area contributed by atoms with Crippen molar-refractivity contribution in [1.29, 1.82) is 0 Å². The van der Waals surface area contributed by atoms with Gasteiger partial charge in [0.2, 0.25) is 0 Å². The molecule has 1 aliphatic carbocycles. The fraction of sp³-hybridized carbons (Fsp3) is 0.692. The highest BCUT2D eigenvalue weighted by atomic mass is 16.4. The number of aryl methyl sites for hydroxylation is 1. The van der Waals surface area contributed by atoms with Gasteiger partial charge in [-0.15, -0.1) is 0 Å². The van der Waals surface area contributed by atoms with E-state index in [0.717, 1.165) is 11.7 Å². The van der Waals surface area contributed by atoms with Crippen molar-refractivity contribution in [3.63, 3.8) is 0 Å². The summed E-state index contributed by atoms with van der Waals surface area (Å²) < 4.78 is 5.38. The van der Waals surface area contributed by atoms with Gasteiger partial charge in [0.1, 0.15) is 17.6 Å². The number of hydrogen-bond donors (Lipinski definition) is 2. The van der Waals surface area contributed by atoms with Crippen LogP contribution in [0.5, 0.6) is 0 Å². The summed E-state index contributed by atoms with van der Waals surface area (Å²) in [5.74, 6) is 2.43. The van der Waals surface area contributed by atoms with Gasteiger partial charge in [-0.1, -0.05) is 12.8 Å². The number of hydrogen-bond acceptors (Lipinski definition) is 3. The van der Waals surface area contributed by atoms with Crippen molar-refractivity contribution in [2.45, 2.75) is 45.3 Å². The Morgan fingerprint density at radius 3 is 2.81 bits per heavy atom. The first-order valence-corrected chi connectivity index (χ1v) is 6.13. The second-order valence-corrected chi connectivity index (χ2v) is 4.95. The fourth-order valence-electron chi connectivity index (χ4n) is 1.98. The normalized spacial score (nSPS) is 19.7. The van der Waals surface area contributed by atoms with Crippen LogP contribution < -0.4 is 5.32 Å². The third-order valence-corrected chi connectivity index (χ3v) is 3.13. The van der Waals surface area contributed by atoms with Crippen molar-refractivity contribution in [3.05, 3.63) is 23.7 Å². The first-order valence-electron chi connectivity index (χ1n) is 6.13. The molecule has 1 aromatic rings. The second-order valence-electron chi connectivity index (χ2n) is 4.95. The molecule has 1 heterocycles. The molecule has 0 bridgehead atoms. The fourth-order valence-corrected chi connectivity index (χ4v) is 1.98. The first-order chi connectivity index (χ1) is 7.65. The van der Waals surface area contributed by atoms with Crippen LogP contribution >= 0.6 is 0 Å². The Hall–Kier alpha value is -0.800. The minimum Gasteiger partial charge on any atom is -0.464 e. The molecular weight excluding hydrogens is 202 g/mol. The summed E-state index contributed by atoms with van der Waals surface area (Å²) in [4.78, 5) is 0. The molecule has 90 valence electrons. The van der Waals surface area contributed by atoms with E-state index in [-0.39, 0.29) is 0 Å². The number of aliphatic hydroxyl groups excluding tert-OH is 1. The zero-order valence-electron chi connectivity index (χ0n) is 10.1. The molecular formula is C13H21NO2. The summed E-state index contributed by atoms with van der Waals surface area (Å²) in [7, 11) is 0. The number of rotatable bonds is 6. The largest absolute Gasteiger partial charge is 0.464 e. The van der Waals surface area contributed by atoms with E-state index in [1.54, 1.807) is 0 Å². The van der Waals surface area contributed by atoms with Crippen LogP contribution in [0.4, 0.5) is 0 Å². The number of nitrogens with one attached hydrogen (secondary N) is 1. The summed E-state index contributed by atoms with van der Waals surface area (Å²) >= 11 is 0. The van der Waals surface area contributed by atoms with E-state index in [9.17, 15) is 5.11 Å². The molecule has 2 unspecified atom stereocenters. The zero-order chi connectivity index (χ0) is 11.5. The Bertz CT molecular complexity index is 330. The van der Waals surface area contributed by atoms with Crippen LogP contribution in [0.2, 0.25) is 0 Å². The molecule has 1 aliphatic rings. The lowest BCUT2D eigenvalue weighted by Crippen LogP contribution is -2.30. The lowest BCUT2D eigenvalue weighted by molar-refractivity contribution is 0.142. The minimum absolute atomic E-state index is 0.484. The molecule has 0 saturated heterocycles. The quantitative estimate of drug-likeness (QED) is 0.778. The van der Waals surface area contributed by atoms with Crippen LogP contribution in [-0.4, -0.2) is 17.7 Å². The van der Waals surface area contributed by atoms with Crippen molar-refractivity contribution in [3.8, 4) is 0 Å². The molecule has 0 aromatic carbocycles. The Labute approximate surface area is 96.8 Å². The lowest BCUT2D eigenvalue weighted by Gasteiger charge is -2.15. The highest BCUT2D eigenvalue weighted by Gasteiger charge is 2.23. The van der Waals surface area contributed by atoms with E-state index in [1.165, 1.54) is 19.3 Å². The van der Waals surface area contributed by atoms with Gasteiger partial charge >= 0.3 is 0 Å². The van der Waals surface area contributed by atoms with E-state index in [0.29, 0.717) is 18.3 Å². The summed E-state index contributed by atoms with van der Waals surface area (Å²) in [5, 5.41) is 13.2. The Kier molecular flexibility index (Phi) is 3.66. The first kappa shape index (κ1) is 11.7. The summed E-state index contributed by atoms with van der Waals surface area (Å²) in [6.07, 6.45) is 3.46. The Morgan fingerprint density at radius 2 is 2.25 bits per heavy atom. The average molecular weight is 223 g/mol. The van der Waals surface area contributed by atoms with Crippen molar-refractivity contribution < 1.29 is 9.52 Å². The van der Waals surface area contributed by atoms with Crippen LogP contribution in [0.3, 0.4) is 0 Å². The van der Waals surface area contributed by atoms with Gasteiger partial charge in [-0.2, -0.15) is 0 Å². The maximum atomic E-state index is 9.88. The third-order valence-electron chi connectivity index (χ3n) is 3.13. The molecule has 16 heavy (non-hydrogen) atoms. The standard InChI is InChI=1S/C13H21NO2/c1-9(7-11-4-5-11)14-8-12(15)13-6-3-10(2)16-13/h3,6,9,11-12,14-15H,4-5,7-8H2,1-2H3. The van der Waals surface area contributed by atoms with Gasteiger partial charge in [-0.3, -0.25) is 0 Å². The molecule has 1 aromatic heterocycles. The Morgan fingerprint density at radius 1 is 1.50 bits per heavy atom. The molecule has 0 amide bonds. The van der Waals surface area contributed by atoms with Crippen molar-refractivity contribution in [1.82, 2.24) is 5.32 Å². The summed E-state index contributed by atoms with van der Waals surface area (Å²) in [6.45, 7) is 4.64. The molecule has 3 nitrogen and oxygen atoms in total. The minimum atomic E-state index is -0.532. The van der Waals surface area contributed by atoms with Gasteiger partial charge in [0.25, 0.3) is 0 Å². The van der Waals surface area contributed by atoms with Gasteiger partial charge in [0.05, 0.1) is 0 Å². The van der Waals surface area contributed by atoms with E-state index >= 15 is 0 Å². The topological polar surface area (TPSA) is 45.4 Å². The lowest BCUT2D eigenvalue weighted by atomic mass is 10.1. The van der Waals surface area contributed by atoms with Crippen molar-refractivity contribution >= 4 is 0 Å².